The molecular weight excluding hydrogens is 376 g/mol. The molecule has 1 unspecified atom stereocenters. The van der Waals surface area contributed by atoms with Gasteiger partial charge < -0.3 is 14.6 Å². The minimum absolute atomic E-state index is 0.117. The smallest absolute Gasteiger partial charge is 0.255 e. The minimum Gasteiger partial charge on any atom is -0.368 e. The van der Waals surface area contributed by atoms with E-state index in [4.69, 9.17) is 9.26 Å². The Bertz CT molecular complexity index is 909. The summed E-state index contributed by atoms with van der Waals surface area (Å²) in [6, 6.07) is 13.4. The summed E-state index contributed by atoms with van der Waals surface area (Å²) in [4.78, 5) is 20.9. The third-order valence-corrected chi connectivity index (χ3v) is 5.35. The predicted octanol–water partition coefficient (Wildman–Crippen LogP) is 3.54. The van der Waals surface area contributed by atoms with Gasteiger partial charge in [0, 0.05) is 24.1 Å². The fraction of sp³-hybridized carbons (Fsp3) is 0.300. The van der Waals surface area contributed by atoms with Crippen molar-refractivity contribution in [3.63, 3.8) is 0 Å². The predicted molar refractivity (Wildman–Crippen MR) is 104 cm³/mol. The summed E-state index contributed by atoms with van der Waals surface area (Å²) in [7, 11) is 0. The van der Waals surface area contributed by atoms with Crippen LogP contribution in [0.3, 0.4) is 0 Å². The summed E-state index contributed by atoms with van der Waals surface area (Å²) in [5.41, 5.74) is 1.72. The number of nitrogens with one attached hydrogen (secondary N) is 1. The Kier molecular flexibility index (Phi) is 5.98. The van der Waals surface area contributed by atoms with E-state index in [1.165, 1.54) is 0 Å². The van der Waals surface area contributed by atoms with Crippen LogP contribution in [0.1, 0.15) is 46.6 Å². The molecule has 1 atom stereocenters. The number of carbonyl (C=O) groups is 1. The lowest BCUT2D eigenvalue weighted by atomic mass is 10.1. The van der Waals surface area contributed by atoms with E-state index in [0.29, 0.717) is 17.3 Å². The summed E-state index contributed by atoms with van der Waals surface area (Å²) in [6.45, 7) is 0.932. The fourth-order valence-electron chi connectivity index (χ4n) is 2.85. The molecule has 1 N–H and O–H groups in total. The number of hydrogen-bond donors (Lipinski definition) is 1. The lowest BCUT2D eigenvalue weighted by molar-refractivity contribution is 0.0835. The molecule has 2 aromatic heterocycles. The summed E-state index contributed by atoms with van der Waals surface area (Å²) in [5.74, 6) is 1.56. The molecule has 0 saturated carbocycles. The maximum atomic E-state index is 12.3. The number of rotatable bonds is 7. The molecule has 28 heavy (non-hydrogen) atoms. The van der Waals surface area contributed by atoms with Crippen LogP contribution in [-0.4, -0.2) is 27.6 Å². The summed E-state index contributed by atoms with van der Waals surface area (Å²) < 4.78 is 10.7. The molecule has 1 aliphatic rings. The number of ether oxygens (including phenoxy) is 1. The Balaban J connectivity index is 1.27. The van der Waals surface area contributed by atoms with Crippen molar-refractivity contribution in [1.82, 2.24) is 20.4 Å². The zero-order valence-electron chi connectivity index (χ0n) is 15.2. The van der Waals surface area contributed by atoms with Crippen LogP contribution >= 0.6 is 11.8 Å². The highest BCUT2D eigenvalue weighted by atomic mass is 32.2. The second-order valence-corrected chi connectivity index (χ2v) is 7.38. The van der Waals surface area contributed by atoms with Gasteiger partial charge in [0.2, 0.25) is 0 Å². The number of carbonyl (C=O) groups excluding carboxylic acids is 1. The number of nitrogens with zero attached hydrogens (tertiary/aromatic N) is 3. The molecule has 0 radical (unpaired) electrons. The number of aromatic nitrogens is 3. The Morgan fingerprint density at radius 3 is 2.86 bits per heavy atom. The zero-order valence-corrected chi connectivity index (χ0v) is 16.0. The lowest BCUT2D eigenvalue weighted by Crippen LogP contribution is -2.23. The van der Waals surface area contributed by atoms with Gasteiger partial charge in [-0.2, -0.15) is 4.98 Å². The molecule has 0 spiro atoms. The van der Waals surface area contributed by atoms with Crippen molar-refractivity contribution >= 4 is 17.7 Å². The molecule has 3 heterocycles. The topological polar surface area (TPSA) is 90.1 Å². The van der Waals surface area contributed by atoms with Gasteiger partial charge in [0.15, 0.2) is 5.82 Å². The molecule has 7 nitrogen and oxygen atoms in total. The van der Waals surface area contributed by atoms with Crippen molar-refractivity contribution < 1.29 is 14.1 Å². The molecular formula is C20H20N4O3S. The Hall–Kier alpha value is -2.71. The minimum atomic E-state index is -0.174. The molecule has 1 fully saturated rings. The average molecular weight is 396 g/mol. The van der Waals surface area contributed by atoms with E-state index >= 15 is 0 Å². The van der Waals surface area contributed by atoms with E-state index < -0.39 is 0 Å². The number of thioether (sulfide) groups is 1. The van der Waals surface area contributed by atoms with Crippen molar-refractivity contribution in [2.24, 2.45) is 0 Å². The Morgan fingerprint density at radius 2 is 2.11 bits per heavy atom. The molecule has 1 saturated heterocycles. The van der Waals surface area contributed by atoms with Crippen LogP contribution in [0.2, 0.25) is 0 Å². The SMILES string of the molecule is O=C(NCc1noc(C2CCCO2)n1)c1ccc(CSc2ccccn2)cc1. The van der Waals surface area contributed by atoms with Crippen LogP contribution in [0.25, 0.3) is 0 Å². The first-order chi connectivity index (χ1) is 13.8. The van der Waals surface area contributed by atoms with E-state index in [1.54, 1.807) is 18.0 Å². The van der Waals surface area contributed by atoms with Gasteiger partial charge in [-0.3, -0.25) is 4.79 Å². The van der Waals surface area contributed by atoms with E-state index in [-0.39, 0.29) is 18.6 Å². The molecule has 1 aliphatic heterocycles. The van der Waals surface area contributed by atoms with Crippen molar-refractivity contribution in [2.75, 3.05) is 6.61 Å². The first-order valence-electron chi connectivity index (χ1n) is 9.13. The van der Waals surface area contributed by atoms with Gasteiger partial charge in [0.25, 0.3) is 11.8 Å². The van der Waals surface area contributed by atoms with E-state index in [9.17, 15) is 4.79 Å². The second kappa shape index (κ2) is 8.99. The number of pyridine rings is 1. The summed E-state index contributed by atoms with van der Waals surface area (Å²) >= 11 is 1.66. The normalized spacial score (nSPS) is 16.2. The van der Waals surface area contributed by atoms with Crippen molar-refractivity contribution in [2.45, 2.75) is 36.3 Å². The number of hydrogen-bond acceptors (Lipinski definition) is 7. The van der Waals surface area contributed by atoms with E-state index in [0.717, 1.165) is 35.8 Å². The maximum absolute atomic E-state index is 12.3. The van der Waals surface area contributed by atoms with Crippen molar-refractivity contribution in [3.05, 3.63) is 71.5 Å². The van der Waals surface area contributed by atoms with Crippen molar-refractivity contribution in [3.8, 4) is 0 Å². The van der Waals surface area contributed by atoms with Crippen LogP contribution < -0.4 is 5.32 Å². The molecule has 0 bridgehead atoms. The second-order valence-electron chi connectivity index (χ2n) is 6.39. The monoisotopic (exact) mass is 396 g/mol. The molecule has 0 aliphatic carbocycles. The fourth-order valence-corrected chi connectivity index (χ4v) is 3.66. The van der Waals surface area contributed by atoms with Gasteiger partial charge in [0.05, 0.1) is 11.6 Å². The number of amides is 1. The van der Waals surface area contributed by atoms with E-state index in [1.807, 2.05) is 42.5 Å². The van der Waals surface area contributed by atoms with Crippen LogP contribution in [0.5, 0.6) is 0 Å². The third-order valence-electron chi connectivity index (χ3n) is 4.34. The molecule has 1 amide bonds. The molecule has 8 heteroatoms. The maximum Gasteiger partial charge on any atom is 0.255 e. The quantitative estimate of drug-likeness (QED) is 0.611. The molecule has 3 aromatic rings. The number of benzene rings is 1. The third kappa shape index (κ3) is 4.76. The highest BCUT2D eigenvalue weighted by Crippen LogP contribution is 2.26. The summed E-state index contributed by atoms with van der Waals surface area (Å²) in [6.07, 6.45) is 3.55. The summed E-state index contributed by atoms with van der Waals surface area (Å²) in [5, 5.41) is 7.70. The molecule has 1 aromatic carbocycles. The van der Waals surface area contributed by atoms with Gasteiger partial charge in [-0.05, 0) is 42.7 Å². The van der Waals surface area contributed by atoms with Gasteiger partial charge >= 0.3 is 0 Å². The first kappa shape index (κ1) is 18.6. The standard InChI is InChI=1S/C20H20N4O3S/c25-19(22-12-17-23-20(27-24-17)16-4-3-11-26-16)15-8-6-14(7-9-15)13-28-18-5-1-2-10-21-18/h1-2,5-10,16H,3-4,11-13H2,(H,22,25). The Labute approximate surface area is 166 Å². The van der Waals surface area contributed by atoms with Crippen LogP contribution in [0.15, 0.2) is 58.2 Å². The van der Waals surface area contributed by atoms with Gasteiger partial charge in [-0.15, -0.1) is 11.8 Å². The molecule has 4 rings (SSSR count). The largest absolute Gasteiger partial charge is 0.368 e. The first-order valence-corrected chi connectivity index (χ1v) is 10.1. The lowest BCUT2D eigenvalue weighted by Gasteiger charge is -2.05. The van der Waals surface area contributed by atoms with Crippen molar-refractivity contribution in [1.29, 1.82) is 0 Å². The van der Waals surface area contributed by atoms with Crippen LogP contribution in [0.4, 0.5) is 0 Å². The highest BCUT2D eigenvalue weighted by molar-refractivity contribution is 7.98. The Morgan fingerprint density at radius 1 is 1.21 bits per heavy atom. The van der Waals surface area contributed by atoms with Crippen LogP contribution in [-0.2, 0) is 17.0 Å². The highest BCUT2D eigenvalue weighted by Gasteiger charge is 2.23. The zero-order chi connectivity index (χ0) is 19.2. The van der Waals surface area contributed by atoms with E-state index in [2.05, 4.69) is 20.4 Å². The van der Waals surface area contributed by atoms with Gasteiger partial charge in [0.1, 0.15) is 6.10 Å². The van der Waals surface area contributed by atoms with Crippen LogP contribution in [0, 0.1) is 0 Å². The van der Waals surface area contributed by atoms with Gasteiger partial charge in [-0.25, -0.2) is 4.98 Å². The van der Waals surface area contributed by atoms with Gasteiger partial charge in [-0.1, -0.05) is 23.4 Å². The average Bonchev–Trinajstić information content (AvgIpc) is 3.43. The molecule has 144 valence electrons.